The highest BCUT2D eigenvalue weighted by atomic mass is 16.5. The second kappa shape index (κ2) is 11.1. The molecule has 0 aliphatic heterocycles. The molecule has 0 fully saturated rings. The van der Waals surface area contributed by atoms with Crippen LogP contribution in [0.3, 0.4) is 0 Å². The monoisotopic (exact) mass is 451 g/mol. The van der Waals surface area contributed by atoms with Crippen LogP contribution in [0.5, 0.6) is 0 Å². The first-order valence-electron chi connectivity index (χ1n) is 11.8. The lowest BCUT2D eigenvalue weighted by molar-refractivity contribution is -0.131. The molecule has 3 N–H and O–H groups in total. The summed E-state index contributed by atoms with van der Waals surface area (Å²) in [4.78, 5) is 10.9. The molecule has 2 atom stereocenters. The fraction of sp³-hybridized carbons (Fsp3) is 0.464. The maximum Gasteiger partial charge on any atom is 0.328 e. The van der Waals surface area contributed by atoms with E-state index in [1.807, 2.05) is 32.0 Å². The molecule has 3 rings (SSSR count). The third kappa shape index (κ3) is 7.53. The van der Waals surface area contributed by atoms with Crippen molar-refractivity contribution in [2.75, 3.05) is 13.2 Å². The lowest BCUT2D eigenvalue weighted by atomic mass is 9.88. The number of benzene rings is 2. The molecule has 178 valence electrons. The van der Waals surface area contributed by atoms with Gasteiger partial charge in [-0.2, -0.15) is 0 Å². The molecule has 0 bridgehead atoms. The Morgan fingerprint density at radius 2 is 1.88 bits per heavy atom. The fourth-order valence-electron chi connectivity index (χ4n) is 4.76. The summed E-state index contributed by atoms with van der Waals surface area (Å²) in [7, 11) is 0. The van der Waals surface area contributed by atoms with Gasteiger partial charge in [0.1, 0.15) is 0 Å². The Morgan fingerprint density at radius 1 is 1.21 bits per heavy atom. The quantitative estimate of drug-likeness (QED) is 0.432. The minimum absolute atomic E-state index is 0.0783. The molecule has 1 aliphatic carbocycles. The van der Waals surface area contributed by atoms with Crippen molar-refractivity contribution in [2.24, 2.45) is 5.92 Å². The van der Waals surface area contributed by atoms with Gasteiger partial charge in [-0.25, -0.2) is 4.79 Å². The van der Waals surface area contributed by atoms with E-state index in [0.29, 0.717) is 12.5 Å². The van der Waals surface area contributed by atoms with E-state index in [1.165, 1.54) is 11.1 Å². The van der Waals surface area contributed by atoms with Crippen molar-refractivity contribution in [1.29, 1.82) is 0 Å². The number of aliphatic hydroxyl groups is 1. The summed E-state index contributed by atoms with van der Waals surface area (Å²) in [5.74, 6) is -0.362. The van der Waals surface area contributed by atoms with Crippen LogP contribution in [-0.4, -0.2) is 41.0 Å². The van der Waals surface area contributed by atoms with Crippen LogP contribution in [0.25, 0.3) is 6.08 Å². The van der Waals surface area contributed by atoms with E-state index in [9.17, 15) is 9.90 Å². The van der Waals surface area contributed by atoms with E-state index in [2.05, 4.69) is 43.4 Å². The number of aliphatic hydroxyl groups excluding tert-OH is 1. The number of carboxylic acid groups (broad SMARTS) is 1. The van der Waals surface area contributed by atoms with Crippen molar-refractivity contribution < 1.29 is 19.7 Å². The molecule has 0 spiro atoms. The van der Waals surface area contributed by atoms with Crippen LogP contribution in [0.1, 0.15) is 61.1 Å². The van der Waals surface area contributed by atoms with Crippen LogP contribution in [0.2, 0.25) is 0 Å². The van der Waals surface area contributed by atoms with Crippen LogP contribution < -0.4 is 5.32 Å². The van der Waals surface area contributed by atoms with E-state index >= 15 is 0 Å². The second-order valence-electron chi connectivity index (χ2n) is 9.95. The number of rotatable bonds is 11. The maximum atomic E-state index is 10.9. The van der Waals surface area contributed by atoms with E-state index in [4.69, 9.17) is 9.84 Å². The number of fused-ring (bicyclic) bond motifs is 1. The summed E-state index contributed by atoms with van der Waals surface area (Å²) in [5.41, 5.74) is 5.62. The molecule has 2 aromatic carbocycles. The highest BCUT2D eigenvalue weighted by Crippen LogP contribution is 2.32. The number of carboxylic acids is 1. The zero-order valence-electron chi connectivity index (χ0n) is 20.2. The molecule has 5 heteroatoms. The Balaban J connectivity index is 1.47. The minimum atomic E-state index is -0.985. The fourth-order valence-corrected chi connectivity index (χ4v) is 4.76. The summed E-state index contributed by atoms with van der Waals surface area (Å²) < 4.78 is 5.95. The van der Waals surface area contributed by atoms with E-state index in [0.717, 1.165) is 42.0 Å². The maximum absolute atomic E-state index is 10.9. The van der Waals surface area contributed by atoms with Crippen molar-refractivity contribution in [3.05, 3.63) is 76.4 Å². The molecule has 2 aromatic rings. The number of nitrogens with one attached hydrogen (secondary N) is 1. The van der Waals surface area contributed by atoms with Crippen LogP contribution in [-0.2, 0) is 22.4 Å². The van der Waals surface area contributed by atoms with Gasteiger partial charge < -0.3 is 20.3 Å². The molecule has 0 saturated carbocycles. The molecule has 33 heavy (non-hydrogen) atoms. The van der Waals surface area contributed by atoms with Crippen LogP contribution >= 0.6 is 0 Å². The van der Waals surface area contributed by atoms with Gasteiger partial charge in [0.25, 0.3) is 0 Å². The highest BCUT2D eigenvalue weighted by molar-refractivity contribution is 5.85. The third-order valence-corrected chi connectivity index (χ3v) is 6.38. The van der Waals surface area contributed by atoms with Gasteiger partial charge in [0.05, 0.1) is 18.8 Å². The second-order valence-corrected chi connectivity index (χ2v) is 9.95. The number of ether oxygens (including phenoxy) is 1. The Morgan fingerprint density at radius 3 is 2.52 bits per heavy atom. The molecule has 5 nitrogen and oxygen atoms in total. The van der Waals surface area contributed by atoms with Crippen molar-refractivity contribution in [3.8, 4) is 0 Å². The molecule has 0 radical (unpaired) electrons. The molecular weight excluding hydrogens is 414 g/mol. The van der Waals surface area contributed by atoms with Gasteiger partial charge in [-0.1, -0.05) is 48.0 Å². The van der Waals surface area contributed by atoms with Gasteiger partial charge in [-0.3, -0.25) is 0 Å². The van der Waals surface area contributed by atoms with Crippen molar-refractivity contribution >= 4 is 12.0 Å². The largest absolute Gasteiger partial charge is 0.478 e. The van der Waals surface area contributed by atoms with Gasteiger partial charge in [-0.15, -0.1) is 0 Å². The number of aryl methyl sites for hydroxylation is 1. The predicted octanol–water partition coefficient (Wildman–Crippen LogP) is 4.70. The number of β-amino-alcohol motifs (C(OH)–C–C–N with tert-alkyl or cyclic N) is 1. The van der Waals surface area contributed by atoms with E-state index in [1.54, 1.807) is 6.08 Å². The molecule has 0 aromatic heterocycles. The van der Waals surface area contributed by atoms with Crippen molar-refractivity contribution in [2.45, 2.75) is 64.7 Å². The Labute approximate surface area is 197 Å². The average molecular weight is 452 g/mol. The lowest BCUT2D eigenvalue weighted by Gasteiger charge is -2.31. The molecule has 1 aliphatic rings. The summed E-state index contributed by atoms with van der Waals surface area (Å²) in [6, 6.07) is 14.6. The predicted molar refractivity (Wildman–Crippen MR) is 132 cm³/mol. The summed E-state index contributed by atoms with van der Waals surface area (Å²) in [6.07, 6.45) is 5.13. The van der Waals surface area contributed by atoms with Gasteiger partial charge in [0, 0.05) is 18.2 Å². The zero-order valence-corrected chi connectivity index (χ0v) is 20.2. The lowest BCUT2D eigenvalue weighted by Crippen LogP contribution is -2.45. The van der Waals surface area contributed by atoms with Gasteiger partial charge in [0.2, 0.25) is 0 Å². The van der Waals surface area contributed by atoms with Crippen LogP contribution in [0, 0.1) is 12.8 Å². The normalized spacial score (nSPS) is 16.2. The summed E-state index contributed by atoms with van der Waals surface area (Å²) in [5, 5.41) is 23.0. The number of carbonyl (C=O) groups is 1. The molecular formula is C28H37NO4. The Kier molecular flexibility index (Phi) is 8.46. The van der Waals surface area contributed by atoms with Gasteiger partial charge in [0.15, 0.2) is 0 Å². The van der Waals surface area contributed by atoms with Gasteiger partial charge in [-0.05, 0) is 81.2 Å². The molecule has 0 saturated heterocycles. The zero-order chi connectivity index (χ0) is 24.0. The summed E-state index contributed by atoms with van der Waals surface area (Å²) in [6.45, 7) is 8.94. The van der Waals surface area contributed by atoms with Gasteiger partial charge >= 0.3 is 5.97 Å². The SMILES string of the molecule is Cc1ccc([C@@H](C)OC[C@H](O)CNC(C)(C)CC2Cc3ccccc3C2)c(/C=C/C(=O)O)c1. The first-order valence-corrected chi connectivity index (χ1v) is 11.8. The van der Waals surface area contributed by atoms with Crippen LogP contribution in [0.4, 0.5) is 0 Å². The molecule has 0 heterocycles. The van der Waals surface area contributed by atoms with E-state index in [-0.39, 0.29) is 18.2 Å². The topological polar surface area (TPSA) is 78.8 Å². The first-order chi connectivity index (χ1) is 15.6. The van der Waals surface area contributed by atoms with Crippen molar-refractivity contribution in [1.82, 2.24) is 5.32 Å². The Hall–Kier alpha value is -2.47. The third-order valence-electron chi connectivity index (χ3n) is 6.38. The molecule has 0 unspecified atom stereocenters. The minimum Gasteiger partial charge on any atom is -0.478 e. The first kappa shape index (κ1) is 25.2. The highest BCUT2D eigenvalue weighted by Gasteiger charge is 2.28. The average Bonchev–Trinajstić information content (AvgIpc) is 3.16. The molecule has 0 amide bonds. The standard InChI is InChI=1S/C28H37NO4/c1-19-9-11-26(24(13-19)10-12-27(31)32)20(2)33-18-25(30)17-29-28(3,4)16-21-14-22-7-5-6-8-23(22)15-21/h5-13,20-21,25,29-30H,14-18H2,1-4H3,(H,31,32)/b12-10+/t20-,25-/m1/s1. The number of aliphatic carboxylic acids is 1. The smallest absolute Gasteiger partial charge is 0.328 e. The number of hydrogen-bond acceptors (Lipinski definition) is 4. The van der Waals surface area contributed by atoms with Crippen molar-refractivity contribution in [3.63, 3.8) is 0 Å². The number of hydrogen-bond donors (Lipinski definition) is 3. The van der Waals surface area contributed by atoms with Crippen LogP contribution in [0.15, 0.2) is 48.5 Å². The summed E-state index contributed by atoms with van der Waals surface area (Å²) >= 11 is 0. The Bertz CT molecular complexity index is 957. The van der Waals surface area contributed by atoms with E-state index < -0.39 is 12.1 Å².